The molecule has 3 heteroatoms. The largest absolute Gasteiger partial charge is 0.497 e. The zero-order valence-corrected chi connectivity index (χ0v) is 7.49. The summed E-state index contributed by atoms with van der Waals surface area (Å²) in [5.41, 5.74) is 1.14. The smallest absolute Gasteiger partial charge is 0.126 e. The monoisotopic (exact) mass is 180 g/mol. The normalized spacial score (nSPS) is 19.4. The fourth-order valence-corrected chi connectivity index (χ4v) is 1.51. The van der Waals surface area contributed by atoms with E-state index in [4.69, 9.17) is 14.6 Å². The number of ether oxygens (including phenoxy) is 2. The molecule has 0 bridgehead atoms. The van der Waals surface area contributed by atoms with Gasteiger partial charge >= 0.3 is 0 Å². The third-order valence-corrected chi connectivity index (χ3v) is 2.22. The van der Waals surface area contributed by atoms with Gasteiger partial charge in [-0.1, -0.05) is 6.07 Å². The molecular weight excluding hydrogens is 168 g/mol. The lowest BCUT2D eigenvalue weighted by Gasteiger charge is -2.05. The van der Waals surface area contributed by atoms with Crippen molar-refractivity contribution >= 4 is 0 Å². The Bertz CT molecular complexity index is 309. The molecule has 0 aromatic heterocycles. The van der Waals surface area contributed by atoms with Crippen molar-refractivity contribution in [3.8, 4) is 11.5 Å². The van der Waals surface area contributed by atoms with E-state index in [1.165, 1.54) is 0 Å². The number of rotatable bonds is 2. The van der Waals surface area contributed by atoms with Gasteiger partial charge in [0.15, 0.2) is 0 Å². The summed E-state index contributed by atoms with van der Waals surface area (Å²) in [5, 5.41) is 8.91. The Hall–Kier alpha value is -1.22. The maximum Gasteiger partial charge on any atom is 0.126 e. The number of aliphatic hydroxyl groups excluding tert-OH is 1. The highest BCUT2D eigenvalue weighted by Gasteiger charge is 2.22. The van der Waals surface area contributed by atoms with Crippen molar-refractivity contribution in [1.29, 1.82) is 0 Å². The Morgan fingerprint density at radius 1 is 1.62 bits per heavy atom. The molecule has 1 aromatic carbocycles. The summed E-state index contributed by atoms with van der Waals surface area (Å²) >= 11 is 0. The van der Waals surface area contributed by atoms with Crippen LogP contribution in [-0.2, 0) is 6.42 Å². The zero-order chi connectivity index (χ0) is 9.26. The van der Waals surface area contributed by atoms with E-state index in [2.05, 4.69) is 0 Å². The van der Waals surface area contributed by atoms with Crippen LogP contribution >= 0.6 is 0 Å². The number of aliphatic hydroxyl groups is 1. The fourth-order valence-electron chi connectivity index (χ4n) is 1.51. The van der Waals surface area contributed by atoms with Gasteiger partial charge in [-0.3, -0.25) is 0 Å². The van der Waals surface area contributed by atoms with E-state index >= 15 is 0 Å². The van der Waals surface area contributed by atoms with Crippen LogP contribution in [0.5, 0.6) is 11.5 Å². The van der Waals surface area contributed by atoms with Crippen molar-refractivity contribution in [2.45, 2.75) is 12.5 Å². The van der Waals surface area contributed by atoms with Crippen molar-refractivity contribution in [2.24, 2.45) is 0 Å². The van der Waals surface area contributed by atoms with Crippen LogP contribution in [0.25, 0.3) is 0 Å². The number of hydrogen-bond acceptors (Lipinski definition) is 3. The molecule has 0 radical (unpaired) electrons. The van der Waals surface area contributed by atoms with Crippen molar-refractivity contribution in [3.63, 3.8) is 0 Å². The SMILES string of the molecule is COc1ccc2c(c1)OC(CO)C2. The molecule has 1 heterocycles. The minimum atomic E-state index is -0.0814. The van der Waals surface area contributed by atoms with E-state index in [1.54, 1.807) is 7.11 Å². The number of benzene rings is 1. The van der Waals surface area contributed by atoms with Crippen molar-refractivity contribution < 1.29 is 14.6 Å². The van der Waals surface area contributed by atoms with E-state index in [9.17, 15) is 0 Å². The summed E-state index contributed by atoms with van der Waals surface area (Å²) in [6, 6.07) is 5.73. The van der Waals surface area contributed by atoms with Gasteiger partial charge in [-0.15, -0.1) is 0 Å². The first-order valence-corrected chi connectivity index (χ1v) is 4.28. The lowest BCUT2D eigenvalue weighted by molar-refractivity contribution is 0.134. The third-order valence-electron chi connectivity index (χ3n) is 2.22. The predicted molar refractivity (Wildman–Crippen MR) is 48.2 cm³/mol. The van der Waals surface area contributed by atoms with Crippen molar-refractivity contribution in [3.05, 3.63) is 23.8 Å². The van der Waals surface area contributed by atoms with Gasteiger partial charge in [0.1, 0.15) is 17.6 Å². The molecule has 1 unspecified atom stereocenters. The minimum Gasteiger partial charge on any atom is -0.497 e. The average Bonchev–Trinajstić information content (AvgIpc) is 2.58. The molecule has 0 fully saturated rings. The highest BCUT2D eigenvalue weighted by Crippen LogP contribution is 2.31. The lowest BCUT2D eigenvalue weighted by Crippen LogP contribution is -2.17. The summed E-state index contributed by atoms with van der Waals surface area (Å²) in [7, 11) is 1.63. The molecule has 13 heavy (non-hydrogen) atoms. The Balaban J connectivity index is 2.25. The van der Waals surface area contributed by atoms with E-state index in [0.717, 1.165) is 23.5 Å². The summed E-state index contributed by atoms with van der Waals surface area (Å²) in [5.74, 6) is 1.62. The standard InChI is InChI=1S/C10H12O3/c1-12-8-3-2-7-4-9(6-11)13-10(7)5-8/h2-3,5,9,11H,4,6H2,1H3. The predicted octanol–water partition coefficient (Wildman–Crippen LogP) is 0.991. The summed E-state index contributed by atoms with van der Waals surface area (Å²) in [4.78, 5) is 0. The van der Waals surface area contributed by atoms with E-state index < -0.39 is 0 Å². The summed E-state index contributed by atoms with van der Waals surface area (Å²) in [6.45, 7) is 0.0665. The average molecular weight is 180 g/mol. The van der Waals surface area contributed by atoms with Gasteiger partial charge in [0, 0.05) is 12.5 Å². The maximum atomic E-state index is 8.91. The molecule has 3 nitrogen and oxygen atoms in total. The van der Waals surface area contributed by atoms with Gasteiger partial charge in [0.05, 0.1) is 13.7 Å². The first-order chi connectivity index (χ1) is 6.33. The molecule has 0 spiro atoms. The van der Waals surface area contributed by atoms with Crippen LogP contribution in [0.1, 0.15) is 5.56 Å². The third kappa shape index (κ3) is 1.47. The van der Waals surface area contributed by atoms with Crippen LogP contribution in [0, 0.1) is 0 Å². The van der Waals surface area contributed by atoms with Gasteiger partial charge in [0.2, 0.25) is 0 Å². The Kier molecular flexibility index (Phi) is 2.10. The maximum absolute atomic E-state index is 8.91. The molecule has 1 N–H and O–H groups in total. The second kappa shape index (κ2) is 3.26. The molecule has 1 aliphatic heterocycles. The molecule has 1 aliphatic rings. The van der Waals surface area contributed by atoms with Crippen LogP contribution in [0.3, 0.4) is 0 Å². The Labute approximate surface area is 76.9 Å². The van der Waals surface area contributed by atoms with Crippen molar-refractivity contribution in [1.82, 2.24) is 0 Å². The molecule has 0 amide bonds. The number of hydrogen-bond donors (Lipinski definition) is 1. The highest BCUT2D eigenvalue weighted by molar-refractivity contribution is 5.43. The minimum absolute atomic E-state index is 0.0665. The first kappa shape index (κ1) is 8.38. The van der Waals surface area contributed by atoms with E-state index in [0.29, 0.717) is 0 Å². The van der Waals surface area contributed by atoms with Crippen molar-refractivity contribution in [2.75, 3.05) is 13.7 Å². The van der Waals surface area contributed by atoms with Crippen LogP contribution in [0.15, 0.2) is 18.2 Å². The van der Waals surface area contributed by atoms with Gasteiger partial charge in [0.25, 0.3) is 0 Å². The lowest BCUT2D eigenvalue weighted by atomic mass is 10.1. The number of methoxy groups -OCH3 is 1. The topological polar surface area (TPSA) is 38.7 Å². The molecule has 0 saturated heterocycles. The molecule has 1 aromatic rings. The molecule has 2 rings (SSSR count). The molecule has 70 valence electrons. The van der Waals surface area contributed by atoms with Gasteiger partial charge in [-0.2, -0.15) is 0 Å². The Morgan fingerprint density at radius 2 is 2.46 bits per heavy atom. The zero-order valence-electron chi connectivity index (χ0n) is 7.49. The molecular formula is C10H12O3. The highest BCUT2D eigenvalue weighted by atomic mass is 16.5. The number of fused-ring (bicyclic) bond motifs is 1. The second-order valence-electron chi connectivity index (χ2n) is 3.10. The molecule has 0 saturated carbocycles. The quantitative estimate of drug-likeness (QED) is 0.737. The molecule has 1 atom stereocenters. The van der Waals surface area contributed by atoms with E-state index in [-0.39, 0.29) is 12.7 Å². The summed E-state index contributed by atoms with van der Waals surface area (Å²) < 4.78 is 10.5. The second-order valence-corrected chi connectivity index (χ2v) is 3.10. The van der Waals surface area contributed by atoms with Crippen LogP contribution < -0.4 is 9.47 Å². The first-order valence-electron chi connectivity index (χ1n) is 4.28. The summed E-state index contributed by atoms with van der Waals surface area (Å²) in [6.07, 6.45) is 0.706. The van der Waals surface area contributed by atoms with Gasteiger partial charge in [-0.05, 0) is 11.6 Å². The van der Waals surface area contributed by atoms with Gasteiger partial charge in [-0.25, -0.2) is 0 Å². The van der Waals surface area contributed by atoms with Gasteiger partial charge < -0.3 is 14.6 Å². The van der Waals surface area contributed by atoms with Crippen LogP contribution in [-0.4, -0.2) is 24.9 Å². The van der Waals surface area contributed by atoms with E-state index in [1.807, 2.05) is 18.2 Å². The van der Waals surface area contributed by atoms with Crippen LogP contribution in [0.2, 0.25) is 0 Å². The van der Waals surface area contributed by atoms with Crippen LogP contribution in [0.4, 0.5) is 0 Å². The molecule has 0 aliphatic carbocycles. The fraction of sp³-hybridized carbons (Fsp3) is 0.400. The Morgan fingerprint density at radius 3 is 3.15 bits per heavy atom.